The Morgan fingerprint density at radius 1 is 0.417 bits per heavy atom. The van der Waals surface area contributed by atoms with Crippen LogP contribution in [0.5, 0.6) is 11.5 Å². The number of para-hydroxylation sites is 2. The maximum Gasteiger partial charge on any atom is 0.161 e. The molecule has 0 atom stereocenters. The molecule has 1 aliphatic heterocycles. The molecular formula is C33H55NO2. The third-order valence-electron chi connectivity index (χ3n) is 4.18. The molecule has 2 aliphatic rings. The smallest absolute Gasteiger partial charge is 0.161 e. The Morgan fingerprint density at radius 3 is 0.917 bits per heavy atom. The van der Waals surface area contributed by atoms with E-state index in [1.165, 1.54) is 38.5 Å². The molecule has 5 rings (SSSR count). The molecule has 0 saturated heterocycles. The number of rotatable bonds is 0. The summed E-state index contributed by atoms with van der Waals surface area (Å²) in [5, 5.41) is 0. The molecule has 3 nitrogen and oxygen atoms in total. The first-order chi connectivity index (χ1) is 18.0. The molecule has 0 bridgehead atoms. The summed E-state index contributed by atoms with van der Waals surface area (Å²) >= 11 is 0. The lowest BCUT2D eigenvalue weighted by Crippen LogP contribution is -2.14. The lowest BCUT2D eigenvalue weighted by molar-refractivity contribution is 0.171. The number of nitrogens with zero attached hydrogens (tertiary/aromatic N) is 1. The van der Waals surface area contributed by atoms with Crippen molar-refractivity contribution in [1.82, 2.24) is 4.98 Å². The summed E-state index contributed by atoms with van der Waals surface area (Å²) in [7, 11) is 0. The number of hydrogen-bond acceptors (Lipinski definition) is 3. The van der Waals surface area contributed by atoms with Gasteiger partial charge in [0.2, 0.25) is 0 Å². The van der Waals surface area contributed by atoms with Gasteiger partial charge in [0.05, 0.1) is 0 Å². The zero-order valence-corrected chi connectivity index (χ0v) is 24.6. The van der Waals surface area contributed by atoms with Crippen molar-refractivity contribution in [2.45, 2.75) is 93.9 Å². The topological polar surface area (TPSA) is 31.4 Å². The first-order valence-corrected chi connectivity index (χ1v) is 14.2. The molecule has 1 saturated carbocycles. The highest BCUT2D eigenvalue weighted by atomic mass is 16.6. The molecule has 204 valence electrons. The summed E-state index contributed by atoms with van der Waals surface area (Å²) in [6.07, 6.45) is 12.5. The zero-order chi connectivity index (χ0) is 27.5. The Balaban J connectivity index is -0.000000376. The van der Waals surface area contributed by atoms with Gasteiger partial charge in [0, 0.05) is 12.4 Å². The second kappa shape index (κ2) is 36.8. The molecular weight excluding hydrogens is 442 g/mol. The lowest BCUT2D eigenvalue weighted by atomic mass is 10.0. The van der Waals surface area contributed by atoms with E-state index >= 15 is 0 Å². The van der Waals surface area contributed by atoms with Gasteiger partial charge in [-0.05, 0) is 24.3 Å². The van der Waals surface area contributed by atoms with E-state index < -0.39 is 0 Å². The van der Waals surface area contributed by atoms with E-state index in [4.69, 9.17) is 9.47 Å². The average molecular weight is 498 g/mol. The Morgan fingerprint density at radius 2 is 0.694 bits per heavy atom. The van der Waals surface area contributed by atoms with Crippen molar-refractivity contribution in [3.8, 4) is 11.5 Å². The van der Waals surface area contributed by atoms with Crippen LogP contribution in [0.1, 0.15) is 93.9 Å². The average Bonchev–Trinajstić information content (AvgIpc) is 3.05. The van der Waals surface area contributed by atoms with Crippen molar-refractivity contribution in [3.05, 3.63) is 91.3 Å². The van der Waals surface area contributed by atoms with Crippen LogP contribution in [0.3, 0.4) is 0 Å². The van der Waals surface area contributed by atoms with Crippen molar-refractivity contribution >= 4 is 0 Å². The van der Waals surface area contributed by atoms with Crippen molar-refractivity contribution in [1.29, 1.82) is 0 Å². The van der Waals surface area contributed by atoms with Crippen LogP contribution >= 0.6 is 0 Å². The Bertz CT molecular complexity index is 580. The number of fused-ring (bicyclic) bond motifs is 1. The predicted octanol–water partition coefficient (Wildman–Crippen LogP) is 10.7. The zero-order valence-electron chi connectivity index (χ0n) is 24.6. The summed E-state index contributed by atoms with van der Waals surface area (Å²) in [4.78, 5) is 3.78. The molecule has 3 heteroatoms. The van der Waals surface area contributed by atoms with Crippen molar-refractivity contribution < 1.29 is 9.47 Å². The lowest BCUT2D eigenvalue weighted by Gasteiger charge is -2.17. The van der Waals surface area contributed by atoms with Gasteiger partial charge in [-0.2, -0.15) is 0 Å². The van der Waals surface area contributed by atoms with Gasteiger partial charge in [0.1, 0.15) is 13.2 Å². The van der Waals surface area contributed by atoms with Crippen LogP contribution in [0.4, 0.5) is 0 Å². The molecule has 0 amide bonds. The third-order valence-corrected chi connectivity index (χ3v) is 4.18. The molecule has 0 N–H and O–H groups in total. The van der Waals surface area contributed by atoms with Crippen LogP contribution in [0.2, 0.25) is 0 Å². The molecule has 0 unspecified atom stereocenters. The minimum absolute atomic E-state index is 0.664. The summed E-state index contributed by atoms with van der Waals surface area (Å²) in [6, 6.07) is 25.4. The van der Waals surface area contributed by atoms with Crippen molar-refractivity contribution in [2.75, 3.05) is 13.2 Å². The van der Waals surface area contributed by atoms with Crippen molar-refractivity contribution in [3.63, 3.8) is 0 Å². The fraction of sp³-hybridized carbons (Fsp3) is 0.485. The Labute approximate surface area is 224 Å². The van der Waals surface area contributed by atoms with Crippen molar-refractivity contribution in [2.24, 2.45) is 0 Å². The van der Waals surface area contributed by atoms with E-state index in [1.54, 1.807) is 12.4 Å². The van der Waals surface area contributed by atoms with Crippen LogP contribution in [-0.4, -0.2) is 18.2 Å². The number of benzene rings is 2. The molecule has 1 fully saturated rings. The highest BCUT2D eigenvalue weighted by Crippen LogP contribution is 2.28. The second-order valence-electron chi connectivity index (χ2n) is 6.44. The van der Waals surface area contributed by atoms with E-state index in [0.29, 0.717) is 13.2 Å². The van der Waals surface area contributed by atoms with E-state index in [0.717, 1.165) is 11.5 Å². The second-order valence-corrected chi connectivity index (χ2v) is 6.44. The van der Waals surface area contributed by atoms with Gasteiger partial charge >= 0.3 is 0 Å². The minimum atomic E-state index is 0.664. The fourth-order valence-corrected chi connectivity index (χ4v) is 2.75. The molecule has 3 aromatic rings. The molecule has 2 aromatic carbocycles. The molecule has 1 aromatic heterocycles. The van der Waals surface area contributed by atoms with Gasteiger partial charge in [-0.15, -0.1) is 0 Å². The van der Waals surface area contributed by atoms with Crippen LogP contribution in [0.15, 0.2) is 91.3 Å². The highest BCUT2D eigenvalue weighted by molar-refractivity contribution is 5.40. The van der Waals surface area contributed by atoms with Gasteiger partial charge < -0.3 is 9.47 Å². The van der Waals surface area contributed by atoms with Gasteiger partial charge in [-0.3, -0.25) is 4.98 Å². The quantitative estimate of drug-likeness (QED) is 0.309. The first-order valence-electron chi connectivity index (χ1n) is 14.2. The van der Waals surface area contributed by atoms with Gasteiger partial charge in [0.15, 0.2) is 11.5 Å². The maximum absolute atomic E-state index is 5.30. The Kier molecular flexibility index (Phi) is 38.5. The number of hydrogen-bond donors (Lipinski definition) is 0. The summed E-state index contributed by atoms with van der Waals surface area (Å²) in [5.41, 5.74) is 0. The summed E-state index contributed by atoms with van der Waals surface area (Å²) < 4.78 is 10.6. The summed E-state index contributed by atoms with van der Waals surface area (Å²) in [6.45, 7) is 17.3. The van der Waals surface area contributed by atoms with Crippen LogP contribution < -0.4 is 9.47 Å². The first kappa shape index (κ1) is 37.7. The van der Waals surface area contributed by atoms with Gasteiger partial charge in [0.25, 0.3) is 0 Å². The largest absolute Gasteiger partial charge is 0.486 e. The van der Waals surface area contributed by atoms with E-state index in [-0.39, 0.29) is 0 Å². The standard InChI is InChI=1S/C8H8O2.C6H12.C6H6.C5H5N.4C2H6/c1-2-4-8-7(3-1)9-5-6-10-8;3*1-2-4-6-5-3-1;4*1-2/h1-4H,5-6H2;1-6H2;1-6H;1-5H;4*1-2H3. The highest BCUT2D eigenvalue weighted by Gasteiger charge is 2.07. The molecule has 0 spiro atoms. The molecule has 2 heterocycles. The van der Waals surface area contributed by atoms with Crippen LogP contribution in [0, 0.1) is 0 Å². The van der Waals surface area contributed by atoms with E-state index in [2.05, 4.69) is 4.98 Å². The van der Waals surface area contributed by atoms with E-state index in [9.17, 15) is 0 Å². The predicted molar refractivity (Wildman–Crippen MR) is 161 cm³/mol. The maximum atomic E-state index is 5.30. The fourth-order valence-electron chi connectivity index (χ4n) is 2.75. The number of aromatic nitrogens is 1. The van der Waals surface area contributed by atoms with E-state index in [1.807, 2.05) is 134 Å². The van der Waals surface area contributed by atoms with Gasteiger partial charge in [-0.1, -0.05) is 149 Å². The minimum Gasteiger partial charge on any atom is -0.486 e. The van der Waals surface area contributed by atoms with Gasteiger partial charge in [-0.25, -0.2) is 0 Å². The monoisotopic (exact) mass is 497 g/mol. The number of ether oxygens (including phenoxy) is 2. The third kappa shape index (κ3) is 25.8. The summed E-state index contributed by atoms with van der Waals surface area (Å²) in [5.74, 6) is 1.71. The normalized spacial score (nSPS) is 11.4. The Hall–Kier alpha value is -2.81. The molecule has 0 radical (unpaired) electrons. The molecule has 36 heavy (non-hydrogen) atoms. The SMILES string of the molecule is C1CCCCC1.CC.CC.CC.CC.c1ccc2c(c1)OCCO2.c1ccccc1.c1ccncc1. The van der Waals surface area contributed by atoms with Crippen LogP contribution in [-0.2, 0) is 0 Å². The number of pyridine rings is 1. The van der Waals surface area contributed by atoms with Crippen LogP contribution in [0.25, 0.3) is 0 Å². The molecule has 1 aliphatic carbocycles.